The smallest absolute Gasteiger partial charge is 0.273 e. The quantitative estimate of drug-likeness (QED) is 0.604. The number of hydrogen-bond acceptors (Lipinski definition) is 9. The number of aromatic nitrogens is 4. The number of piperidine rings is 1. The van der Waals surface area contributed by atoms with Crippen molar-refractivity contribution in [3.8, 4) is 0 Å². The van der Waals surface area contributed by atoms with Crippen molar-refractivity contribution in [2.45, 2.75) is 26.3 Å². The molecule has 0 spiro atoms. The molecular formula is C18H21N7O4S. The van der Waals surface area contributed by atoms with Crippen molar-refractivity contribution in [3.05, 3.63) is 28.5 Å². The summed E-state index contributed by atoms with van der Waals surface area (Å²) in [6.45, 7) is 2.89. The first kappa shape index (κ1) is 20.0. The van der Waals surface area contributed by atoms with Crippen LogP contribution in [0.2, 0.25) is 0 Å². The lowest BCUT2D eigenvalue weighted by Crippen LogP contribution is -2.39. The maximum atomic E-state index is 12.8. The minimum atomic E-state index is -0.410. The molecule has 158 valence electrons. The van der Waals surface area contributed by atoms with Crippen LogP contribution in [0, 0.1) is 12.8 Å². The monoisotopic (exact) mass is 431 g/mol. The van der Waals surface area contributed by atoms with Gasteiger partial charge in [0, 0.05) is 32.1 Å². The third kappa shape index (κ3) is 4.03. The molecule has 3 aromatic heterocycles. The second-order valence-electron chi connectivity index (χ2n) is 7.07. The minimum absolute atomic E-state index is 0.00278. The highest BCUT2D eigenvalue weighted by molar-refractivity contribution is 7.22. The lowest BCUT2D eigenvalue weighted by atomic mass is 9.96. The summed E-state index contributed by atoms with van der Waals surface area (Å²) in [6, 6.07) is 1.59. The molecule has 0 atom stereocenters. The summed E-state index contributed by atoms with van der Waals surface area (Å²) in [6.07, 6.45) is 2.78. The van der Waals surface area contributed by atoms with Crippen LogP contribution in [0.1, 0.15) is 18.6 Å². The second kappa shape index (κ2) is 8.22. The molecule has 3 aromatic rings. The zero-order chi connectivity index (χ0) is 21.3. The number of carbonyl (C=O) groups is 2. The lowest BCUT2D eigenvalue weighted by Gasteiger charge is -2.30. The molecule has 12 heteroatoms. The average Bonchev–Trinajstić information content (AvgIpc) is 3.36. The van der Waals surface area contributed by atoms with Crippen LogP contribution in [0.4, 0.5) is 10.9 Å². The predicted molar refractivity (Wildman–Crippen MR) is 111 cm³/mol. The summed E-state index contributed by atoms with van der Waals surface area (Å²) in [5.41, 5.74) is 0.0349. The topological polar surface area (TPSA) is 135 Å². The number of rotatable bonds is 5. The Morgan fingerprint density at radius 3 is 2.77 bits per heavy atom. The van der Waals surface area contributed by atoms with Gasteiger partial charge in [-0.25, -0.2) is 4.98 Å². The summed E-state index contributed by atoms with van der Waals surface area (Å²) in [5, 5.41) is 9.66. The number of hydrogen-bond donors (Lipinski definition) is 2. The number of anilines is 2. The molecule has 2 amide bonds. The summed E-state index contributed by atoms with van der Waals surface area (Å²) >= 11 is 1.25. The van der Waals surface area contributed by atoms with E-state index in [2.05, 4.69) is 30.7 Å². The zero-order valence-electron chi connectivity index (χ0n) is 16.5. The fourth-order valence-electron chi connectivity index (χ4n) is 3.38. The fourth-order valence-corrected chi connectivity index (χ4v) is 4.40. The van der Waals surface area contributed by atoms with E-state index >= 15 is 0 Å². The highest BCUT2D eigenvalue weighted by atomic mass is 32.1. The summed E-state index contributed by atoms with van der Waals surface area (Å²) in [7, 11) is 1.64. The van der Waals surface area contributed by atoms with E-state index in [0.717, 1.165) is 12.8 Å². The molecule has 0 unspecified atom stereocenters. The molecule has 2 N–H and O–H groups in total. The Morgan fingerprint density at radius 2 is 2.10 bits per heavy atom. The standard InChI is InChI=1S/C18H21N7O4S/c1-10-7-12(23-29-10)21-13(26)8-25-9-20-15-14(17(25)28)30-18(22-15)24-5-3-11(4-6-24)16(27)19-2/h7,9,11H,3-6,8H2,1-2H3,(H,19,27)(H,21,23,26). The largest absolute Gasteiger partial charge is 0.360 e. The summed E-state index contributed by atoms with van der Waals surface area (Å²) in [5.74, 6) is 0.514. The van der Waals surface area contributed by atoms with Crippen LogP contribution in [-0.4, -0.2) is 51.6 Å². The molecule has 4 rings (SSSR count). The van der Waals surface area contributed by atoms with E-state index < -0.39 is 5.91 Å². The number of fused-ring (bicyclic) bond motifs is 1. The first-order valence-electron chi connectivity index (χ1n) is 9.50. The molecule has 11 nitrogen and oxygen atoms in total. The summed E-state index contributed by atoms with van der Waals surface area (Å²) < 4.78 is 6.54. The molecule has 1 fully saturated rings. The molecule has 1 saturated heterocycles. The van der Waals surface area contributed by atoms with Crippen LogP contribution in [-0.2, 0) is 16.1 Å². The minimum Gasteiger partial charge on any atom is -0.360 e. The fraction of sp³-hybridized carbons (Fsp3) is 0.444. The van der Waals surface area contributed by atoms with Crippen molar-refractivity contribution < 1.29 is 14.1 Å². The Kier molecular flexibility index (Phi) is 5.48. The second-order valence-corrected chi connectivity index (χ2v) is 8.05. The highest BCUT2D eigenvalue weighted by Crippen LogP contribution is 2.29. The first-order valence-corrected chi connectivity index (χ1v) is 10.3. The van der Waals surface area contributed by atoms with Crippen molar-refractivity contribution in [1.82, 2.24) is 25.0 Å². The van der Waals surface area contributed by atoms with E-state index in [1.807, 2.05) is 0 Å². The molecule has 4 heterocycles. The number of aryl methyl sites for hydroxylation is 1. The average molecular weight is 431 g/mol. The van der Waals surface area contributed by atoms with Gasteiger partial charge in [0.05, 0.1) is 0 Å². The van der Waals surface area contributed by atoms with E-state index in [1.54, 1.807) is 20.0 Å². The van der Waals surface area contributed by atoms with Crippen molar-refractivity contribution in [2.24, 2.45) is 5.92 Å². The van der Waals surface area contributed by atoms with Crippen LogP contribution >= 0.6 is 11.3 Å². The molecule has 1 aliphatic heterocycles. The van der Waals surface area contributed by atoms with E-state index in [1.165, 1.54) is 22.2 Å². The van der Waals surface area contributed by atoms with Gasteiger partial charge >= 0.3 is 0 Å². The summed E-state index contributed by atoms with van der Waals surface area (Å²) in [4.78, 5) is 47.6. The Labute approximate surface area is 175 Å². The Bertz CT molecular complexity index is 1140. The van der Waals surface area contributed by atoms with Gasteiger partial charge in [0.25, 0.3) is 5.56 Å². The lowest BCUT2D eigenvalue weighted by molar-refractivity contribution is -0.125. The number of nitrogens with one attached hydrogen (secondary N) is 2. The van der Waals surface area contributed by atoms with E-state index in [0.29, 0.717) is 40.1 Å². The van der Waals surface area contributed by atoms with Crippen molar-refractivity contribution in [1.29, 1.82) is 0 Å². The number of amides is 2. The van der Waals surface area contributed by atoms with Crippen molar-refractivity contribution in [3.63, 3.8) is 0 Å². The molecular weight excluding hydrogens is 410 g/mol. The van der Waals surface area contributed by atoms with Crippen LogP contribution < -0.4 is 21.1 Å². The highest BCUT2D eigenvalue weighted by Gasteiger charge is 2.26. The molecule has 0 aliphatic carbocycles. The third-order valence-electron chi connectivity index (χ3n) is 4.96. The maximum Gasteiger partial charge on any atom is 0.273 e. The van der Waals surface area contributed by atoms with E-state index in [9.17, 15) is 14.4 Å². The van der Waals surface area contributed by atoms with Gasteiger partial charge in [-0.15, -0.1) is 0 Å². The number of carbonyl (C=O) groups excluding carboxylic acids is 2. The molecule has 0 aromatic carbocycles. The molecule has 0 radical (unpaired) electrons. The van der Waals surface area contributed by atoms with E-state index in [4.69, 9.17) is 4.52 Å². The van der Waals surface area contributed by atoms with Crippen molar-refractivity contribution in [2.75, 3.05) is 30.4 Å². The van der Waals surface area contributed by atoms with Gasteiger partial charge in [0.1, 0.15) is 23.3 Å². The molecule has 0 bridgehead atoms. The van der Waals surface area contributed by atoms with Crippen LogP contribution in [0.5, 0.6) is 0 Å². The SMILES string of the molecule is CNC(=O)C1CCN(c2nc3ncn(CC(=O)Nc4cc(C)on4)c(=O)c3s2)CC1. The Morgan fingerprint density at radius 1 is 1.33 bits per heavy atom. The normalized spacial score (nSPS) is 14.8. The van der Waals surface area contributed by atoms with Gasteiger partial charge in [-0.05, 0) is 19.8 Å². The van der Waals surface area contributed by atoms with Gasteiger partial charge in [-0.3, -0.25) is 19.0 Å². The van der Waals surface area contributed by atoms with Crippen LogP contribution in [0.15, 0.2) is 21.7 Å². The Hall–Kier alpha value is -3.28. The van der Waals surface area contributed by atoms with Crippen LogP contribution in [0.3, 0.4) is 0 Å². The first-order chi connectivity index (χ1) is 14.4. The number of thiazole rings is 1. The van der Waals surface area contributed by atoms with Crippen molar-refractivity contribution >= 4 is 44.4 Å². The van der Waals surface area contributed by atoms with Gasteiger partial charge < -0.3 is 20.1 Å². The van der Waals surface area contributed by atoms with Gasteiger partial charge in [-0.1, -0.05) is 16.5 Å². The van der Waals surface area contributed by atoms with E-state index in [-0.39, 0.29) is 23.9 Å². The zero-order valence-corrected chi connectivity index (χ0v) is 17.4. The Balaban J connectivity index is 1.47. The third-order valence-corrected chi connectivity index (χ3v) is 6.06. The predicted octanol–water partition coefficient (Wildman–Crippen LogP) is 0.751. The molecule has 1 aliphatic rings. The number of nitrogens with zero attached hydrogens (tertiary/aromatic N) is 5. The van der Waals surface area contributed by atoms with Crippen LogP contribution in [0.25, 0.3) is 10.3 Å². The molecule has 30 heavy (non-hydrogen) atoms. The van der Waals surface area contributed by atoms with Gasteiger partial charge in [-0.2, -0.15) is 4.98 Å². The van der Waals surface area contributed by atoms with Gasteiger partial charge in [0.15, 0.2) is 16.6 Å². The maximum absolute atomic E-state index is 12.8. The molecule has 0 saturated carbocycles. The van der Waals surface area contributed by atoms with Gasteiger partial charge in [0.2, 0.25) is 11.8 Å².